The van der Waals surface area contributed by atoms with E-state index in [1.807, 2.05) is 50.2 Å². The molecule has 0 amide bonds. The Bertz CT molecular complexity index is 913. The number of carboxylic acid groups (broad SMARTS) is 1. The molecule has 0 aliphatic heterocycles. The lowest BCUT2D eigenvalue weighted by Crippen LogP contribution is -2.03. The minimum Gasteiger partial charge on any atom is -0.494 e. The molecule has 4 nitrogen and oxygen atoms in total. The Morgan fingerprint density at radius 1 is 0.828 bits per heavy atom. The molecule has 0 fully saturated rings. The van der Waals surface area contributed by atoms with Gasteiger partial charge in [-0.3, -0.25) is 4.79 Å². The van der Waals surface area contributed by atoms with E-state index in [0.717, 1.165) is 33.8 Å². The zero-order valence-corrected chi connectivity index (χ0v) is 16.8. The fourth-order valence-corrected chi connectivity index (χ4v) is 3.14. The van der Waals surface area contributed by atoms with E-state index in [2.05, 4.69) is 36.4 Å². The molecular formula is C25H26O4. The van der Waals surface area contributed by atoms with Crippen LogP contribution in [-0.2, 0) is 11.4 Å². The van der Waals surface area contributed by atoms with Crippen molar-refractivity contribution in [2.24, 2.45) is 0 Å². The molecule has 0 spiro atoms. The Hall–Kier alpha value is -3.27. The van der Waals surface area contributed by atoms with Gasteiger partial charge in [-0.25, -0.2) is 0 Å². The predicted molar refractivity (Wildman–Crippen MR) is 114 cm³/mol. The molecule has 3 aromatic carbocycles. The van der Waals surface area contributed by atoms with Crippen molar-refractivity contribution in [3.8, 4) is 22.6 Å². The normalized spacial score (nSPS) is 11.7. The van der Waals surface area contributed by atoms with Gasteiger partial charge in [-0.1, -0.05) is 55.5 Å². The quantitative estimate of drug-likeness (QED) is 0.493. The summed E-state index contributed by atoms with van der Waals surface area (Å²) in [5.41, 5.74) is 4.38. The van der Waals surface area contributed by atoms with Gasteiger partial charge in [-0.15, -0.1) is 0 Å². The van der Waals surface area contributed by atoms with E-state index in [1.54, 1.807) is 0 Å². The molecule has 29 heavy (non-hydrogen) atoms. The van der Waals surface area contributed by atoms with Gasteiger partial charge in [0.25, 0.3) is 0 Å². The first-order valence-electron chi connectivity index (χ1n) is 9.82. The maximum Gasteiger partial charge on any atom is 0.303 e. The smallest absolute Gasteiger partial charge is 0.303 e. The molecule has 3 rings (SSSR count). The third-order valence-corrected chi connectivity index (χ3v) is 4.79. The van der Waals surface area contributed by atoms with Crippen LogP contribution in [0.1, 0.15) is 37.3 Å². The van der Waals surface area contributed by atoms with Gasteiger partial charge in [0.2, 0.25) is 0 Å². The summed E-state index contributed by atoms with van der Waals surface area (Å²) >= 11 is 0. The van der Waals surface area contributed by atoms with Gasteiger partial charge in [0, 0.05) is 0 Å². The maximum atomic E-state index is 10.8. The summed E-state index contributed by atoms with van der Waals surface area (Å²) in [6.07, 6.45) is 0.126. The summed E-state index contributed by atoms with van der Waals surface area (Å²) in [6.45, 7) is 5.03. The second-order valence-corrected chi connectivity index (χ2v) is 7.01. The number of carbonyl (C=O) groups is 1. The molecule has 0 aliphatic carbocycles. The third kappa shape index (κ3) is 5.85. The second-order valence-electron chi connectivity index (χ2n) is 7.01. The highest BCUT2D eigenvalue weighted by Gasteiger charge is 2.10. The molecule has 1 atom stereocenters. The first-order valence-corrected chi connectivity index (χ1v) is 9.82. The molecule has 0 heterocycles. The highest BCUT2D eigenvalue weighted by molar-refractivity contribution is 5.68. The molecule has 4 heteroatoms. The first kappa shape index (κ1) is 20.5. The summed E-state index contributed by atoms with van der Waals surface area (Å²) in [4.78, 5) is 10.8. The molecule has 0 radical (unpaired) electrons. The van der Waals surface area contributed by atoms with Gasteiger partial charge >= 0.3 is 5.97 Å². The second kappa shape index (κ2) is 9.78. The van der Waals surface area contributed by atoms with Crippen LogP contribution in [-0.4, -0.2) is 17.7 Å². The SMILES string of the molecule is CCOc1ccc(-c2ccc(COc3ccc(C(C)CC(=O)O)cc3)cc2)cc1. The van der Waals surface area contributed by atoms with E-state index >= 15 is 0 Å². The summed E-state index contributed by atoms with van der Waals surface area (Å²) < 4.78 is 11.3. The fraction of sp³-hybridized carbons (Fsp3) is 0.240. The Morgan fingerprint density at radius 3 is 1.90 bits per heavy atom. The van der Waals surface area contributed by atoms with Crippen molar-refractivity contribution in [1.82, 2.24) is 0 Å². The van der Waals surface area contributed by atoms with E-state index in [1.165, 1.54) is 0 Å². The van der Waals surface area contributed by atoms with Crippen molar-refractivity contribution in [3.05, 3.63) is 83.9 Å². The minimum atomic E-state index is -0.786. The van der Waals surface area contributed by atoms with Crippen molar-refractivity contribution in [1.29, 1.82) is 0 Å². The molecule has 1 N–H and O–H groups in total. The highest BCUT2D eigenvalue weighted by Crippen LogP contribution is 2.24. The molecule has 3 aromatic rings. The number of ether oxygens (including phenoxy) is 2. The van der Waals surface area contributed by atoms with Gasteiger partial charge in [-0.2, -0.15) is 0 Å². The lowest BCUT2D eigenvalue weighted by atomic mass is 9.98. The van der Waals surface area contributed by atoms with Crippen molar-refractivity contribution >= 4 is 5.97 Å². The molecule has 0 bridgehead atoms. The monoisotopic (exact) mass is 390 g/mol. The average molecular weight is 390 g/mol. The van der Waals surface area contributed by atoms with E-state index in [0.29, 0.717) is 13.2 Å². The van der Waals surface area contributed by atoms with Crippen LogP contribution in [0.3, 0.4) is 0 Å². The van der Waals surface area contributed by atoms with Crippen LogP contribution in [0.25, 0.3) is 11.1 Å². The zero-order chi connectivity index (χ0) is 20.6. The van der Waals surface area contributed by atoms with Gasteiger partial charge in [0.05, 0.1) is 13.0 Å². The van der Waals surface area contributed by atoms with Crippen molar-refractivity contribution in [3.63, 3.8) is 0 Å². The minimum absolute atomic E-state index is 0.0169. The van der Waals surface area contributed by atoms with E-state index < -0.39 is 5.97 Å². The molecule has 0 saturated carbocycles. The maximum absolute atomic E-state index is 10.8. The Labute approximate surface area is 171 Å². The van der Waals surface area contributed by atoms with Crippen LogP contribution in [0.5, 0.6) is 11.5 Å². The Balaban J connectivity index is 1.56. The lowest BCUT2D eigenvalue weighted by molar-refractivity contribution is -0.137. The van der Waals surface area contributed by atoms with Crippen LogP contribution < -0.4 is 9.47 Å². The number of hydrogen-bond acceptors (Lipinski definition) is 3. The lowest BCUT2D eigenvalue weighted by Gasteiger charge is -2.11. The number of rotatable bonds is 9. The number of aliphatic carboxylic acids is 1. The highest BCUT2D eigenvalue weighted by atomic mass is 16.5. The van der Waals surface area contributed by atoms with Crippen LogP contribution in [0.15, 0.2) is 72.8 Å². The predicted octanol–water partition coefficient (Wildman–Crippen LogP) is 5.91. The topological polar surface area (TPSA) is 55.8 Å². The summed E-state index contributed by atoms with van der Waals surface area (Å²) in [6, 6.07) is 24.0. The molecule has 1 unspecified atom stereocenters. The van der Waals surface area contributed by atoms with Crippen LogP contribution in [0, 0.1) is 0 Å². The van der Waals surface area contributed by atoms with Crippen molar-refractivity contribution < 1.29 is 19.4 Å². The summed E-state index contributed by atoms with van der Waals surface area (Å²) in [5.74, 6) is 0.847. The Kier molecular flexibility index (Phi) is 6.90. The first-order chi connectivity index (χ1) is 14.0. The molecule has 0 aliphatic rings. The fourth-order valence-electron chi connectivity index (χ4n) is 3.14. The number of benzene rings is 3. The van der Waals surface area contributed by atoms with Gasteiger partial charge < -0.3 is 14.6 Å². The number of carboxylic acids is 1. The largest absolute Gasteiger partial charge is 0.494 e. The van der Waals surface area contributed by atoms with E-state index in [9.17, 15) is 4.79 Å². The molecule has 0 saturated heterocycles. The van der Waals surface area contributed by atoms with E-state index in [-0.39, 0.29) is 12.3 Å². The molecule has 0 aromatic heterocycles. The van der Waals surface area contributed by atoms with E-state index in [4.69, 9.17) is 14.6 Å². The van der Waals surface area contributed by atoms with Crippen molar-refractivity contribution in [2.75, 3.05) is 6.61 Å². The van der Waals surface area contributed by atoms with Gasteiger partial charge in [0.15, 0.2) is 0 Å². The van der Waals surface area contributed by atoms with Crippen LogP contribution in [0.2, 0.25) is 0 Å². The standard InChI is InChI=1S/C25H26O4/c1-3-28-23-14-10-22(11-15-23)21-6-4-19(5-7-21)17-29-24-12-8-20(9-13-24)18(2)16-25(26)27/h4-15,18H,3,16-17H2,1-2H3,(H,26,27). The van der Waals surface area contributed by atoms with Crippen LogP contribution in [0.4, 0.5) is 0 Å². The molecular weight excluding hydrogens is 364 g/mol. The third-order valence-electron chi connectivity index (χ3n) is 4.79. The van der Waals surface area contributed by atoms with Gasteiger partial charge in [-0.05, 0) is 59.4 Å². The molecule has 150 valence electrons. The summed E-state index contributed by atoms with van der Waals surface area (Å²) in [7, 11) is 0. The zero-order valence-electron chi connectivity index (χ0n) is 16.8. The number of hydrogen-bond donors (Lipinski definition) is 1. The average Bonchev–Trinajstić information content (AvgIpc) is 2.73. The summed E-state index contributed by atoms with van der Waals surface area (Å²) in [5, 5.41) is 8.91. The van der Waals surface area contributed by atoms with Crippen LogP contribution >= 0.6 is 0 Å². The van der Waals surface area contributed by atoms with Crippen molar-refractivity contribution in [2.45, 2.75) is 32.8 Å². The van der Waals surface area contributed by atoms with Gasteiger partial charge in [0.1, 0.15) is 18.1 Å². The Morgan fingerprint density at radius 2 is 1.34 bits per heavy atom.